The summed E-state index contributed by atoms with van der Waals surface area (Å²) >= 11 is 0. The zero-order valence-corrected chi connectivity index (χ0v) is 8.47. The van der Waals surface area contributed by atoms with E-state index in [1.54, 1.807) is 6.92 Å². The molecule has 2 heterocycles. The van der Waals surface area contributed by atoms with Gasteiger partial charge in [0.25, 0.3) is 5.56 Å². The summed E-state index contributed by atoms with van der Waals surface area (Å²) in [6.07, 6.45) is 1.50. The topological polar surface area (TPSA) is 61.5 Å². The summed E-state index contributed by atoms with van der Waals surface area (Å²) in [5.74, 6) is -0.332. The monoisotopic (exact) mass is 217 g/mol. The zero-order valence-electron chi connectivity index (χ0n) is 8.47. The molecule has 16 heavy (non-hydrogen) atoms. The Labute approximate surface area is 89.1 Å². The number of nitrogens with zero attached hydrogens (tertiary/aromatic N) is 1. The molecule has 0 unspecified atom stereocenters. The number of aryl methyl sites for hydroxylation is 1. The van der Waals surface area contributed by atoms with E-state index in [9.17, 15) is 9.18 Å². The minimum absolute atomic E-state index is 0.244. The SMILES string of the molecule is Cc1cc(F)cc2c1ncc1c(=O)[nH][nH]c12. The van der Waals surface area contributed by atoms with Crippen molar-refractivity contribution < 1.29 is 4.39 Å². The van der Waals surface area contributed by atoms with Gasteiger partial charge in [-0.25, -0.2) is 4.39 Å². The number of rotatable bonds is 0. The van der Waals surface area contributed by atoms with Gasteiger partial charge in [0.15, 0.2) is 0 Å². The molecule has 0 aliphatic carbocycles. The number of nitrogens with one attached hydrogen (secondary N) is 2. The van der Waals surface area contributed by atoms with Crippen molar-refractivity contribution in [1.82, 2.24) is 15.2 Å². The van der Waals surface area contributed by atoms with Crippen molar-refractivity contribution in [2.75, 3.05) is 0 Å². The summed E-state index contributed by atoms with van der Waals surface area (Å²) in [6.45, 7) is 1.79. The fraction of sp³-hybridized carbons (Fsp3) is 0.0909. The van der Waals surface area contributed by atoms with Crippen LogP contribution in [-0.4, -0.2) is 15.2 Å². The molecule has 0 saturated carbocycles. The lowest BCUT2D eigenvalue weighted by molar-refractivity contribution is 0.628. The van der Waals surface area contributed by atoms with Crippen molar-refractivity contribution in [1.29, 1.82) is 0 Å². The number of pyridine rings is 1. The number of hydrogen-bond acceptors (Lipinski definition) is 2. The molecule has 2 aromatic heterocycles. The molecule has 0 bridgehead atoms. The van der Waals surface area contributed by atoms with E-state index in [-0.39, 0.29) is 11.4 Å². The van der Waals surface area contributed by atoms with Crippen molar-refractivity contribution >= 4 is 21.8 Å². The number of H-pyrrole nitrogens is 2. The van der Waals surface area contributed by atoms with E-state index in [1.807, 2.05) is 0 Å². The molecule has 1 aromatic carbocycles. The second kappa shape index (κ2) is 2.91. The van der Waals surface area contributed by atoms with Crippen molar-refractivity contribution in [3.8, 4) is 0 Å². The number of aromatic nitrogens is 3. The van der Waals surface area contributed by atoms with Gasteiger partial charge < -0.3 is 0 Å². The van der Waals surface area contributed by atoms with Crippen LogP contribution in [0.2, 0.25) is 0 Å². The van der Waals surface area contributed by atoms with Crippen molar-refractivity contribution in [3.63, 3.8) is 0 Å². The average molecular weight is 217 g/mol. The molecule has 0 saturated heterocycles. The first-order valence-corrected chi connectivity index (χ1v) is 4.82. The first-order chi connectivity index (χ1) is 7.66. The minimum atomic E-state index is -0.332. The van der Waals surface area contributed by atoms with Crippen LogP contribution in [0, 0.1) is 12.7 Å². The molecule has 0 fully saturated rings. The fourth-order valence-corrected chi connectivity index (χ4v) is 1.93. The smallest absolute Gasteiger partial charge is 0.273 e. The van der Waals surface area contributed by atoms with E-state index in [4.69, 9.17) is 0 Å². The second-order valence-corrected chi connectivity index (χ2v) is 3.74. The molecule has 3 rings (SSSR count). The molecular formula is C11H8FN3O. The predicted molar refractivity (Wildman–Crippen MR) is 58.9 cm³/mol. The van der Waals surface area contributed by atoms with Crippen LogP contribution in [0.5, 0.6) is 0 Å². The maximum Gasteiger partial charge on any atom is 0.273 e. The van der Waals surface area contributed by atoms with E-state index in [2.05, 4.69) is 15.2 Å². The standard InChI is InChI=1S/C11H8FN3O/c1-5-2-6(12)3-7-9(5)13-4-8-10(7)14-15-11(8)16/h2-4H,1H3,(H2,14,15,16). The number of hydrogen-bond donors (Lipinski definition) is 2. The fourth-order valence-electron chi connectivity index (χ4n) is 1.93. The Morgan fingerprint density at radius 3 is 2.88 bits per heavy atom. The van der Waals surface area contributed by atoms with E-state index in [0.717, 1.165) is 5.56 Å². The molecule has 0 spiro atoms. The van der Waals surface area contributed by atoms with Gasteiger partial charge in [0.1, 0.15) is 5.82 Å². The number of aromatic amines is 2. The van der Waals surface area contributed by atoms with Gasteiger partial charge in [0.2, 0.25) is 0 Å². The van der Waals surface area contributed by atoms with Crippen LogP contribution in [-0.2, 0) is 0 Å². The minimum Gasteiger partial charge on any atom is -0.297 e. The van der Waals surface area contributed by atoms with Gasteiger partial charge in [0, 0.05) is 11.6 Å². The molecule has 80 valence electrons. The van der Waals surface area contributed by atoms with Gasteiger partial charge >= 0.3 is 0 Å². The van der Waals surface area contributed by atoms with Crippen molar-refractivity contribution in [2.45, 2.75) is 6.92 Å². The maximum absolute atomic E-state index is 13.3. The van der Waals surface area contributed by atoms with Crippen LogP contribution in [0.25, 0.3) is 21.8 Å². The van der Waals surface area contributed by atoms with Crippen LogP contribution < -0.4 is 5.56 Å². The Bertz CT molecular complexity index is 757. The van der Waals surface area contributed by atoms with Crippen LogP contribution in [0.4, 0.5) is 4.39 Å². The Morgan fingerprint density at radius 2 is 2.06 bits per heavy atom. The lowest BCUT2D eigenvalue weighted by Gasteiger charge is -2.02. The third-order valence-electron chi connectivity index (χ3n) is 2.67. The summed E-state index contributed by atoms with van der Waals surface area (Å²) in [6, 6.07) is 2.80. The van der Waals surface area contributed by atoms with Crippen molar-refractivity contribution in [2.24, 2.45) is 0 Å². The predicted octanol–water partition coefficient (Wildman–Crippen LogP) is 1.85. The van der Waals surface area contributed by atoms with E-state index < -0.39 is 0 Å². The summed E-state index contributed by atoms with van der Waals surface area (Å²) < 4.78 is 13.3. The van der Waals surface area contributed by atoms with Gasteiger partial charge in [-0.05, 0) is 24.6 Å². The van der Waals surface area contributed by atoms with Crippen LogP contribution in [0.15, 0.2) is 23.1 Å². The maximum atomic E-state index is 13.3. The van der Waals surface area contributed by atoms with Gasteiger partial charge in [-0.2, -0.15) is 0 Å². The quantitative estimate of drug-likeness (QED) is 0.603. The second-order valence-electron chi connectivity index (χ2n) is 3.74. The summed E-state index contributed by atoms with van der Waals surface area (Å²) in [5.41, 5.74) is 1.80. The molecule has 0 atom stereocenters. The Balaban J connectivity index is 2.65. The van der Waals surface area contributed by atoms with E-state index in [1.165, 1.54) is 18.3 Å². The van der Waals surface area contributed by atoms with Crippen LogP contribution >= 0.6 is 0 Å². The Kier molecular flexibility index (Phi) is 1.65. The summed E-state index contributed by atoms with van der Waals surface area (Å²) in [4.78, 5) is 15.5. The lowest BCUT2D eigenvalue weighted by atomic mass is 10.1. The summed E-state index contributed by atoms with van der Waals surface area (Å²) in [5, 5.41) is 6.27. The highest BCUT2D eigenvalue weighted by Crippen LogP contribution is 2.23. The molecule has 0 amide bonds. The highest BCUT2D eigenvalue weighted by atomic mass is 19.1. The van der Waals surface area contributed by atoms with E-state index in [0.29, 0.717) is 21.8 Å². The molecule has 5 heteroatoms. The molecule has 0 aliphatic rings. The van der Waals surface area contributed by atoms with Crippen LogP contribution in [0.1, 0.15) is 5.56 Å². The van der Waals surface area contributed by atoms with Gasteiger partial charge in [-0.15, -0.1) is 0 Å². The average Bonchev–Trinajstić information content (AvgIpc) is 2.60. The molecule has 2 N–H and O–H groups in total. The molecular weight excluding hydrogens is 209 g/mol. The number of benzene rings is 1. The third kappa shape index (κ3) is 1.08. The highest BCUT2D eigenvalue weighted by molar-refractivity contribution is 6.03. The normalized spacial score (nSPS) is 11.4. The number of fused-ring (bicyclic) bond motifs is 3. The lowest BCUT2D eigenvalue weighted by Crippen LogP contribution is -1.97. The summed E-state index contributed by atoms with van der Waals surface area (Å²) in [7, 11) is 0. The first-order valence-electron chi connectivity index (χ1n) is 4.82. The molecule has 3 aromatic rings. The van der Waals surface area contributed by atoms with E-state index >= 15 is 0 Å². The number of halogens is 1. The Hall–Kier alpha value is -2.17. The highest BCUT2D eigenvalue weighted by Gasteiger charge is 2.09. The van der Waals surface area contributed by atoms with Gasteiger partial charge in [0.05, 0.1) is 16.4 Å². The molecule has 4 nitrogen and oxygen atoms in total. The first kappa shape index (κ1) is 9.08. The van der Waals surface area contributed by atoms with Crippen molar-refractivity contribution in [3.05, 3.63) is 40.1 Å². The zero-order chi connectivity index (χ0) is 11.3. The van der Waals surface area contributed by atoms with Gasteiger partial charge in [-0.1, -0.05) is 0 Å². The molecule has 0 radical (unpaired) electrons. The van der Waals surface area contributed by atoms with Crippen LogP contribution in [0.3, 0.4) is 0 Å². The molecule has 0 aliphatic heterocycles. The largest absolute Gasteiger partial charge is 0.297 e. The third-order valence-corrected chi connectivity index (χ3v) is 2.67. The Morgan fingerprint density at radius 1 is 1.25 bits per heavy atom. The van der Waals surface area contributed by atoms with Gasteiger partial charge in [-0.3, -0.25) is 20.0 Å².